The second-order valence-corrected chi connectivity index (χ2v) is 12.3. The standard InChI is InChI=1S/C34H51N5O7/c1-22(2)35-33(42)36-27-13-16-30-29(18-27)32(41)39(24(4)21-40)19-23(3)31(45-17-9-8-10-25(5)46-30)20-38(6)34(43)37-26-11-14-28(44-7)15-12-26/h11-16,18,22-25,31,40H,8-10,17,19-21H2,1-7H3,(H,37,43)(H2,35,36,42)/t23-,24+,25-,31+/m1/s1. The summed E-state index contributed by atoms with van der Waals surface area (Å²) in [6, 6.07) is 10.9. The van der Waals surface area contributed by atoms with Crippen molar-refractivity contribution in [1.29, 1.82) is 0 Å². The first-order valence-corrected chi connectivity index (χ1v) is 16.0. The summed E-state index contributed by atoms with van der Waals surface area (Å²) in [5.74, 6) is 0.551. The average Bonchev–Trinajstić information content (AvgIpc) is 3.02. The summed E-state index contributed by atoms with van der Waals surface area (Å²) >= 11 is 0. The van der Waals surface area contributed by atoms with Gasteiger partial charge in [-0.15, -0.1) is 0 Å². The number of urea groups is 2. The van der Waals surface area contributed by atoms with Crippen molar-refractivity contribution in [2.75, 3.05) is 51.1 Å². The molecule has 1 aliphatic rings. The van der Waals surface area contributed by atoms with Crippen molar-refractivity contribution in [3.05, 3.63) is 48.0 Å². The monoisotopic (exact) mass is 641 g/mol. The molecule has 12 heteroatoms. The maximum Gasteiger partial charge on any atom is 0.321 e. The molecule has 0 radical (unpaired) electrons. The van der Waals surface area contributed by atoms with E-state index in [1.165, 1.54) is 0 Å². The molecule has 12 nitrogen and oxygen atoms in total. The third-order valence-corrected chi connectivity index (χ3v) is 7.87. The highest BCUT2D eigenvalue weighted by atomic mass is 16.5. The summed E-state index contributed by atoms with van der Waals surface area (Å²) in [7, 11) is 3.29. The number of aliphatic hydroxyl groups excluding tert-OH is 1. The van der Waals surface area contributed by atoms with Gasteiger partial charge in [0.25, 0.3) is 5.91 Å². The molecule has 46 heavy (non-hydrogen) atoms. The minimum Gasteiger partial charge on any atom is -0.497 e. The Morgan fingerprint density at radius 1 is 1.07 bits per heavy atom. The molecule has 2 aromatic carbocycles. The third-order valence-electron chi connectivity index (χ3n) is 7.87. The first kappa shape index (κ1) is 36.4. The van der Waals surface area contributed by atoms with E-state index in [2.05, 4.69) is 16.0 Å². The van der Waals surface area contributed by atoms with E-state index in [4.69, 9.17) is 14.2 Å². The minimum atomic E-state index is -0.522. The Morgan fingerprint density at radius 3 is 2.41 bits per heavy atom. The second kappa shape index (κ2) is 17.6. The molecule has 1 heterocycles. The quantitative estimate of drug-likeness (QED) is 0.311. The molecular weight excluding hydrogens is 590 g/mol. The first-order valence-electron chi connectivity index (χ1n) is 16.0. The van der Waals surface area contributed by atoms with Crippen molar-refractivity contribution in [3.63, 3.8) is 0 Å². The van der Waals surface area contributed by atoms with E-state index >= 15 is 0 Å². The zero-order valence-electron chi connectivity index (χ0n) is 28.2. The summed E-state index contributed by atoms with van der Waals surface area (Å²) in [4.78, 5) is 43.0. The average molecular weight is 642 g/mol. The van der Waals surface area contributed by atoms with Gasteiger partial charge in [0.15, 0.2) is 0 Å². The number of rotatable bonds is 8. The second-order valence-electron chi connectivity index (χ2n) is 12.3. The molecule has 5 amide bonds. The number of amides is 5. The summed E-state index contributed by atoms with van der Waals surface area (Å²) < 4.78 is 17.8. The molecule has 1 aliphatic heterocycles. The highest BCUT2D eigenvalue weighted by Gasteiger charge is 2.31. The van der Waals surface area contributed by atoms with E-state index < -0.39 is 12.1 Å². The van der Waals surface area contributed by atoms with E-state index in [1.54, 1.807) is 73.3 Å². The van der Waals surface area contributed by atoms with Gasteiger partial charge in [-0.1, -0.05) is 6.92 Å². The summed E-state index contributed by atoms with van der Waals surface area (Å²) in [6.45, 7) is 10.2. The highest BCUT2D eigenvalue weighted by Crippen LogP contribution is 2.28. The van der Waals surface area contributed by atoms with Crippen LogP contribution in [0.25, 0.3) is 0 Å². The number of aliphatic hydroxyl groups is 1. The van der Waals surface area contributed by atoms with Crippen molar-refractivity contribution >= 4 is 29.3 Å². The van der Waals surface area contributed by atoms with Gasteiger partial charge in [-0.05, 0) is 89.4 Å². The number of hydrogen-bond donors (Lipinski definition) is 4. The fraction of sp³-hybridized carbons (Fsp3) is 0.559. The predicted octanol–water partition coefficient (Wildman–Crippen LogP) is 5.18. The van der Waals surface area contributed by atoms with Crippen LogP contribution in [0.4, 0.5) is 21.0 Å². The van der Waals surface area contributed by atoms with Crippen LogP contribution in [0.3, 0.4) is 0 Å². The molecular formula is C34H51N5O7. The fourth-order valence-corrected chi connectivity index (χ4v) is 5.14. The number of benzene rings is 2. The highest BCUT2D eigenvalue weighted by molar-refractivity contribution is 5.99. The Hall–Kier alpha value is -4.03. The molecule has 0 aromatic heterocycles. The van der Waals surface area contributed by atoms with Crippen LogP contribution in [0.2, 0.25) is 0 Å². The largest absolute Gasteiger partial charge is 0.497 e. The van der Waals surface area contributed by atoms with Crippen molar-refractivity contribution in [1.82, 2.24) is 15.1 Å². The molecule has 3 rings (SSSR count). The van der Waals surface area contributed by atoms with Gasteiger partial charge < -0.3 is 45.1 Å². The number of ether oxygens (including phenoxy) is 3. The fourth-order valence-electron chi connectivity index (χ4n) is 5.14. The van der Waals surface area contributed by atoms with Gasteiger partial charge in [0.05, 0.1) is 37.5 Å². The summed E-state index contributed by atoms with van der Waals surface area (Å²) in [5.41, 5.74) is 1.36. The lowest BCUT2D eigenvalue weighted by atomic mass is 10.0. The van der Waals surface area contributed by atoms with Crippen LogP contribution in [0, 0.1) is 5.92 Å². The molecule has 4 N–H and O–H groups in total. The zero-order valence-corrected chi connectivity index (χ0v) is 28.2. The molecule has 0 bridgehead atoms. The van der Waals surface area contributed by atoms with E-state index in [0.717, 1.165) is 19.3 Å². The Bertz CT molecular complexity index is 1290. The van der Waals surface area contributed by atoms with E-state index in [-0.39, 0.29) is 61.3 Å². The van der Waals surface area contributed by atoms with Crippen molar-refractivity contribution in [2.24, 2.45) is 5.92 Å². The normalized spacial score (nSPS) is 20.1. The number of fused-ring (bicyclic) bond motifs is 1. The molecule has 0 unspecified atom stereocenters. The smallest absolute Gasteiger partial charge is 0.321 e. The molecule has 0 aliphatic carbocycles. The van der Waals surface area contributed by atoms with Crippen LogP contribution in [-0.2, 0) is 4.74 Å². The Morgan fingerprint density at radius 2 is 1.76 bits per heavy atom. The van der Waals surface area contributed by atoms with Crippen LogP contribution in [0.1, 0.15) is 64.2 Å². The zero-order chi connectivity index (χ0) is 33.8. The van der Waals surface area contributed by atoms with Crippen LogP contribution in [-0.4, -0.2) is 97.6 Å². The van der Waals surface area contributed by atoms with Gasteiger partial charge in [-0.2, -0.15) is 0 Å². The molecule has 254 valence electrons. The van der Waals surface area contributed by atoms with E-state index in [9.17, 15) is 19.5 Å². The predicted molar refractivity (Wildman–Crippen MR) is 179 cm³/mol. The third kappa shape index (κ3) is 10.8. The number of anilines is 2. The Labute approximate surface area is 272 Å². The van der Waals surface area contributed by atoms with Gasteiger partial charge in [0, 0.05) is 50.1 Å². The molecule has 0 saturated carbocycles. The van der Waals surface area contributed by atoms with Crippen LogP contribution in [0.5, 0.6) is 11.5 Å². The minimum absolute atomic E-state index is 0.0618. The lowest BCUT2D eigenvalue weighted by Crippen LogP contribution is -2.48. The number of hydrogen-bond acceptors (Lipinski definition) is 7. The molecule has 0 fully saturated rings. The van der Waals surface area contributed by atoms with Crippen molar-refractivity contribution < 1.29 is 33.7 Å². The number of carbonyl (C=O) groups is 3. The van der Waals surface area contributed by atoms with Crippen LogP contribution >= 0.6 is 0 Å². The van der Waals surface area contributed by atoms with Gasteiger partial charge in [0.1, 0.15) is 11.5 Å². The first-order chi connectivity index (χ1) is 21.9. The SMILES string of the molecule is COc1ccc(NC(=O)N(C)C[C@@H]2OCCCC[C@@H](C)Oc3ccc(NC(=O)NC(C)C)cc3C(=O)N([C@@H](C)CO)C[C@H]2C)cc1. The maximum atomic E-state index is 14.2. The van der Waals surface area contributed by atoms with Crippen molar-refractivity contribution in [3.8, 4) is 11.5 Å². The van der Waals surface area contributed by atoms with Crippen LogP contribution < -0.4 is 25.4 Å². The van der Waals surface area contributed by atoms with Gasteiger partial charge in [0.2, 0.25) is 0 Å². The van der Waals surface area contributed by atoms with Crippen LogP contribution in [0.15, 0.2) is 42.5 Å². The van der Waals surface area contributed by atoms with Crippen molar-refractivity contribution in [2.45, 2.75) is 78.2 Å². The van der Waals surface area contributed by atoms with Gasteiger partial charge >= 0.3 is 12.1 Å². The van der Waals surface area contributed by atoms with E-state index in [1.807, 2.05) is 27.7 Å². The number of carbonyl (C=O) groups excluding carboxylic acids is 3. The number of likely N-dealkylation sites (N-methyl/N-ethyl adjacent to an activating group) is 1. The maximum absolute atomic E-state index is 14.2. The van der Waals surface area contributed by atoms with E-state index in [0.29, 0.717) is 29.5 Å². The topological polar surface area (TPSA) is 142 Å². The Balaban J connectivity index is 1.87. The number of nitrogens with zero attached hydrogens (tertiary/aromatic N) is 2. The summed E-state index contributed by atoms with van der Waals surface area (Å²) in [6.07, 6.45) is 1.83. The molecule has 4 atom stereocenters. The van der Waals surface area contributed by atoms with Gasteiger partial charge in [-0.3, -0.25) is 4.79 Å². The lowest BCUT2D eigenvalue weighted by molar-refractivity contribution is -0.0115. The van der Waals surface area contributed by atoms with Gasteiger partial charge in [-0.25, -0.2) is 9.59 Å². The molecule has 0 saturated heterocycles. The number of nitrogens with one attached hydrogen (secondary N) is 3. The summed E-state index contributed by atoms with van der Waals surface area (Å²) in [5, 5.41) is 18.7. The molecule has 2 aromatic rings. The molecule has 0 spiro atoms. The number of methoxy groups -OCH3 is 1. The lowest BCUT2D eigenvalue weighted by Gasteiger charge is -2.35. The Kier molecular flexibility index (Phi) is 13.9.